The molecule has 2 saturated heterocycles. The van der Waals surface area contributed by atoms with Crippen LogP contribution in [0.3, 0.4) is 0 Å². The topological polar surface area (TPSA) is 129 Å². The third-order valence-electron chi connectivity index (χ3n) is 7.63. The highest BCUT2D eigenvalue weighted by Gasteiger charge is 2.46. The van der Waals surface area contributed by atoms with E-state index in [1.165, 1.54) is 6.26 Å². The molecule has 2 aromatic rings. The normalized spacial score (nSPS) is 22.5. The molecular weight excluding hydrogens is 544 g/mol. The van der Waals surface area contributed by atoms with Gasteiger partial charge >= 0.3 is 12.2 Å². The standard InChI is InChI=1S/C29H36N6O5S/c1-29(2,3)40-28(37)35-16-20-14-22-24(23(35)15-20)31-26(41(4)38)32-25(22)33-12-13-34(21(17-33)10-11-30)27(36)39-18-19-8-6-5-7-9-19/h5-9,20-21,23H,10,12-18H2,1-4H3/t20-,21?,23-,41?/m1/s1. The highest BCUT2D eigenvalue weighted by Crippen LogP contribution is 2.46. The molecule has 2 unspecified atom stereocenters. The van der Waals surface area contributed by atoms with Crippen LogP contribution in [-0.4, -0.2) is 80.2 Å². The van der Waals surface area contributed by atoms with Crippen molar-refractivity contribution in [1.82, 2.24) is 19.8 Å². The summed E-state index contributed by atoms with van der Waals surface area (Å²) in [5, 5.41) is 9.77. The van der Waals surface area contributed by atoms with E-state index in [2.05, 4.69) is 11.0 Å². The largest absolute Gasteiger partial charge is 0.445 e. The average molecular weight is 581 g/mol. The van der Waals surface area contributed by atoms with E-state index in [9.17, 15) is 19.1 Å². The predicted molar refractivity (Wildman–Crippen MR) is 151 cm³/mol. The second kappa shape index (κ2) is 11.6. The molecule has 5 rings (SSSR count). The van der Waals surface area contributed by atoms with Crippen molar-refractivity contribution in [3.8, 4) is 6.07 Å². The van der Waals surface area contributed by atoms with Crippen molar-refractivity contribution in [2.75, 3.05) is 37.3 Å². The first-order chi connectivity index (χ1) is 19.5. The Morgan fingerprint density at radius 3 is 2.54 bits per heavy atom. The Kier molecular flexibility index (Phi) is 8.18. The number of ether oxygens (including phenoxy) is 2. The molecule has 12 heteroatoms. The lowest BCUT2D eigenvalue weighted by Crippen LogP contribution is -2.55. The number of likely N-dealkylation sites (tertiary alicyclic amines) is 1. The van der Waals surface area contributed by atoms with Gasteiger partial charge in [0.05, 0.1) is 41.1 Å². The summed E-state index contributed by atoms with van der Waals surface area (Å²) in [6, 6.07) is 11.0. The van der Waals surface area contributed by atoms with Gasteiger partial charge in [-0.05, 0) is 45.1 Å². The van der Waals surface area contributed by atoms with Crippen molar-refractivity contribution in [2.24, 2.45) is 5.92 Å². The number of amides is 2. The lowest BCUT2D eigenvalue weighted by Gasteiger charge is -2.41. The first-order valence-electron chi connectivity index (χ1n) is 13.9. The number of piperazine rings is 1. The fourth-order valence-electron chi connectivity index (χ4n) is 5.84. The van der Waals surface area contributed by atoms with E-state index in [1.54, 1.807) is 9.80 Å². The zero-order valence-corrected chi connectivity index (χ0v) is 24.7. The fraction of sp³-hybridized carbons (Fsp3) is 0.552. The Labute approximate surface area is 242 Å². The molecule has 0 saturated carbocycles. The highest BCUT2D eigenvalue weighted by atomic mass is 32.2. The van der Waals surface area contributed by atoms with Crippen LogP contribution in [0.1, 0.15) is 56.5 Å². The number of carbonyl (C=O) groups is 2. The summed E-state index contributed by atoms with van der Waals surface area (Å²) < 4.78 is 23.9. The number of hydrogen-bond acceptors (Lipinski definition) is 9. The van der Waals surface area contributed by atoms with E-state index in [1.807, 2.05) is 51.1 Å². The maximum atomic E-state index is 13.1. The fourth-order valence-corrected chi connectivity index (χ4v) is 6.28. The molecule has 2 aliphatic heterocycles. The van der Waals surface area contributed by atoms with E-state index < -0.39 is 28.5 Å². The third kappa shape index (κ3) is 6.30. The van der Waals surface area contributed by atoms with E-state index in [0.29, 0.717) is 44.1 Å². The van der Waals surface area contributed by atoms with Crippen LogP contribution < -0.4 is 4.90 Å². The van der Waals surface area contributed by atoms with Crippen molar-refractivity contribution in [1.29, 1.82) is 5.26 Å². The van der Waals surface area contributed by atoms with Gasteiger partial charge in [-0.15, -0.1) is 0 Å². The molecule has 1 aromatic heterocycles. The van der Waals surface area contributed by atoms with Crippen LogP contribution in [0.15, 0.2) is 35.5 Å². The van der Waals surface area contributed by atoms with Crippen molar-refractivity contribution >= 4 is 28.8 Å². The molecule has 2 bridgehead atoms. The minimum atomic E-state index is -1.45. The van der Waals surface area contributed by atoms with Crippen LogP contribution in [0.2, 0.25) is 0 Å². The Morgan fingerprint density at radius 1 is 1.10 bits per heavy atom. The number of hydrogen-bond donors (Lipinski definition) is 0. The van der Waals surface area contributed by atoms with Gasteiger partial charge in [-0.25, -0.2) is 19.6 Å². The molecule has 0 radical (unpaired) electrons. The van der Waals surface area contributed by atoms with Crippen molar-refractivity contribution in [2.45, 2.75) is 69.5 Å². The van der Waals surface area contributed by atoms with Crippen LogP contribution in [0, 0.1) is 17.2 Å². The lowest BCUT2D eigenvalue weighted by atomic mass is 9.87. The number of nitriles is 1. The number of anilines is 1. The predicted octanol–water partition coefficient (Wildman–Crippen LogP) is 3.81. The molecule has 4 atom stereocenters. The van der Waals surface area contributed by atoms with Crippen LogP contribution in [0.5, 0.6) is 0 Å². The van der Waals surface area contributed by atoms with E-state index >= 15 is 0 Å². The summed E-state index contributed by atoms with van der Waals surface area (Å²) in [6.45, 7) is 7.42. The summed E-state index contributed by atoms with van der Waals surface area (Å²) in [7, 11) is -1.45. The molecule has 0 spiro atoms. The van der Waals surface area contributed by atoms with Crippen molar-refractivity contribution < 1.29 is 23.3 Å². The van der Waals surface area contributed by atoms with E-state index in [-0.39, 0.29) is 36.2 Å². The summed E-state index contributed by atoms with van der Waals surface area (Å²) in [5.41, 5.74) is 1.91. The lowest BCUT2D eigenvalue weighted by molar-refractivity contribution is 0.0219. The summed E-state index contributed by atoms with van der Waals surface area (Å²) in [4.78, 5) is 41.0. The number of nitrogens with zero attached hydrogens (tertiary/aromatic N) is 6. The van der Waals surface area contributed by atoms with Crippen molar-refractivity contribution in [3.05, 3.63) is 47.2 Å². The quantitative estimate of drug-likeness (QED) is 0.485. The van der Waals surface area contributed by atoms with Crippen molar-refractivity contribution in [3.63, 3.8) is 0 Å². The van der Waals surface area contributed by atoms with E-state index in [4.69, 9.17) is 19.4 Å². The minimum absolute atomic E-state index is 0.133. The first kappa shape index (κ1) is 28.8. The zero-order valence-electron chi connectivity index (χ0n) is 23.9. The number of aromatic nitrogens is 2. The molecule has 1 aliphatic carbocycles. The van der Waals surface area contributed by atoms with Crippen LogP contribution in [0.4, 0.5) is 15.4 Å². The van der Waals surface area contributed by atoms with Gasteiger partial charge in [0.1, 0.15) is 18.0 Å². The summed E-state index contributed by atoms with van der Waals surface area (Å²) >= 11 is 0. The number of carbonyl (C=O) groups excluding carboxylic acids is 2. The Hall–Kier alpha value is -3.72. The smallest absolute Gasteiger partial charge is 0.410 e. The Bertz CT molecular complexity index is 1370. The summed E-state index contributed by atoms with van der Waals surface area (Å²) in [6.07, 6.45) is 2.27. The molecule has 0 N–H and O–H groups in total. The molecule has 1 aromatic carbocycles. The van der Waals surface area contributed by atoms with E-state index in [0.717, 1.165) is 17.5 Å². The maximum absolute atomic E-state index is 13.1. The molecule has 3 heterocycles. The maximum Gasteiger partial charge on any atom is 0.410 e. The van der Waals surface area contributed by atoms with Gasteiger partial charge in [-0.1, -0.05) is 30.3 Å². The third-order valence-corrected chi connectivity index (χ3v) is 8.32. The van der Waals surface area contributed by atoms with Gasteiger partial charge in [0.2, 0.25) is 5.16 Å². The van der Waals surface area contributed by atoms with Crippen LogP contribution in [-0.2, 0) is 33.3 Å². The molecular formula is C29H36N6O5S. The number of benzene rings is 1. The van der Waals surface area contributed by atoms with Crippen LogP contribution >= 0.6 is 0 Å². The Morgan fingerprint density at radius 2 is 1.85 bits per heavy atom. The molecule has 2 amide bonds. The second-order valence-corrected chi connectivity index (χ2v) is 13.1. The zero-order chi connectivity index (χ0) is 29.3. The molecule has 41 heavy (non-hydrogen) atoms. The van der Waals surface area contributed by atoms with Crippen LogP contribution in [0.25, 0.3) is 0 Å². The highest BCUT2D eigenvalue weighted by molar-refractivity contribution is 7.84. The molecule has 2 fully saturated rings. The molecule has 3 aliphatic rings. The minimum Gasteiger partial charge on any atom is -0.445 e. The van der Waals surface area contributed by atoms with Gasteiger partial charge in [-0.2, -0.15) is 5.26 Å². The first-order valence-corrected chi connectivity index (χ1v) is 15.4. The van der Waals surface area contributed by atoms with Gasteiger partial charge in [-0.3, -0.25) is 9.11 Å². The Balaban J connectivity index is 1.40. The van der Waals surface area contributed by atoms with Gasteiger partial charge in [0, 0.05) is 38.0 Å². The SMILES string of the molecule is CS(=O)c1nc2c(c(N3CCN(C(=O)OCc4ccccc4)C(CC#N)C3)n1)C[C@@H]1C[C@H]2N(C(=O)OC(C)(C)C)C1. The monoisotopic (exact) mass is 580 g/mol. The average Bonchev–Trinajstić information content (AvgIpc) is 3.28. The number of rotatable bonds is 5. The second-order valence-electron chi connectivity index (χ2n) is 11.8. The van der Waals surface area contributed by atoms with Gasteiger partial charge < -0.3 is 19.3 Å². The van der Waals surface area contributed by atoms with Gasteiger partial charge in [0.25, 0.3) is 0 Å². The van der Waals surface area contributed by atoms with Gasteiger partial charge in [0.15, 0.2) is 0 Å². The molecule has 11 nitrogen and oxygen atoms in total. The number of fused-ring (bicyclic) bond motifs is 4. The molecule has 218 valence electrons. The summed E-state index contributed by atoms with van der Waals surface area (Å²) in [5.74, 6) is 0.894.